The Kier molecular flexibility index (Phi) is 3.54. The lowest BCUT2D eigenvalue weighted by Gasteiger charge is -2.31. The van der Waals surface area contributed by atoms with Crippen LogP contribution in [0.2, 0.25) is 10.0 Å². The maximum Gasteiger partial charge on any atom is 0.0872 e. The molecule has 4 rings (SSSR count). The fraction of sp³-hybridized carbons (Fsp3) is 0.294. The van der Waals surface area contributed by atoms with Gasteiger partial charge < -0.3 is 15.0 Å². The van der Waals surface area contributed by atoms with Crippen LogP contribution in [0, 0.1) is 0 Å². The average Bonchev–Trinajstić information content (AvgIpc) is 2.81. The number of hydrogen-bond donors (Lipinski definition) is 2. The standard InChI is InChI=1S/C17H16Cl2N2O/c18-10-1-3-14-12(7-10)13-8-11(19)2-4-15(13)21(14)16-5-6-20-9-17(16)22/h1-4,7-8,16-17,20,22H,5-6,9H2. The van der Waals surface area contributed by atoms with E-state index in [0.717, 1.165) is 34.8 Å². The lowest BCUT2D eigenvalue weighted by molar-refractivity contribution is 0.0913. The number of piperidine rings is 1. The minimum Gasteiger partial charge on any atom is -0.390 e. The van der Waals surface area contributed by atoms with Crippen molar-refractivity contribution in [2.45, 2.75) is 18.6 Å². The van der Waals surface area contributed by atoms with Gasteiger partial charge in [0.05, 0.1) is 12.1 Å². The van der Waals surface area contributed by atoms with Crippen molar-refractivity contribution in [3.05, 3.63) is 46.4 Å². The molecule has 3 aromatic rings. The lowest BCUT2D eigenvalue weighted by atomic mass is 10.0. The summed E-state index contributed by atoms with van der Waals surface area (Å²) in [7, 11) is 0. The maximum absolute atomic E-state index is 10.4. The molecule has 1 saturated heterocycles. The topological polar surface area (TPSA) is 37.2 Å². The van der Waals surface area contributed by atoms with E-state index in [1.165, 1.54) is 0 Å². The van der Waals surface area contributed by atoms with Gasteiger partial charge in [0.15, 0.2) is 0 Å². The van der Waals surface area contributed by atoms with Gasteiger partial charge in [0.1, 0.15) is 0 Å². The first-order chi connectivity index (χ1) is 10.6. The second-order valence-corrected chi connectivity index (χ2v) is 6.69. The number of aliphatic hydroxyl groups is 1. The number of aromatic nitrogens is 1. The third-order valence-electron chi connectivity index (χ3n) is 4.47. The van der Waals surface area contributed by atoms with Crippen LogP contribution in [-0.4, -0.2) is 28.9 Å². The molecule has 2 atom stereocenters. The Labute approximate surface area is 138 Å². The molecule has 1 aliphatic heterocycles. The third-order valence-corrected chi connectivity index (χ3v) is 4.94. The first-order valence-corrected chi connectivity index (χ1v) is 8.18. The Bertz CT molecular complexity index is 799. The molecule has 1 fully saturated rings. The van der Waals surface area contributed by atoms with E-state index < -0.39 is 6.10 Å². The van der Waals surface area contributed by atoms with Crippen LogP contribution in [0.4, 0.5) is 0 Å². The van der Waals surface area contributed by atoms with Crippen LogP contribution in [0.1, 0.15) is 12.5 Å². The number of nitrogens with zero attached hydrogens (tertiary/aromatic N) is 1. The van der Waals surface area contributed by atoms with Crippen molar-refractivity contribution >= 4 is 45.0 Å². The summed E-state index contributed by atoms with van der Waals surface area (Å²) in [6, 6.07) is 11.9. The number of halogens is 2. The van der Waals surface area contributed by atoms with Gasteiger partial charge in [-0.3, -0.25) is 0 Å². The van der Waals surface area contributed by atoms with Crippen molar-refractivity contribution in [3.8, 4) is 0 Å². The summed E-state index contributed by atoms with van der Waals surface area (Å²) in [4.78, 5) is 0. The number of benzene rings is 2. The van der Waals surface area contributed by atoms with Crippen LogP contribution < -0.4 is 5.32 Å². The second kappa shape index (κ2) is 5.43. The molecule has 22 heavy (non-hydrogen) atoms. The molecule has 3 nitrogen and oxygen atoms in total. The van der Waals surface area contributed by atoms with Crippen molar-refractivity contribution < 1.29 is 5.11 Å². The van der Waals surface area contributed by atoms with Crippen LogP contribution in [0.25, 0.3) is 21.8 Å². The molecule has 0 amide bonds. The predicted octanol–water partition coefficient (Wildman–Crippen LogP) is 4.00. The van der Waals surface area contributed by atoms with Gasteiger partial charge in [-0.05, 0) is 49.4 Å². The minimum atomic E-state index is -0.404. The van der Waals surface area contributed by atoms with Crippen molar-refractivity contribution in [1.29, 1.82) is 0 Å². The van der Waals surface area contributed by atoms with Crippen LogP contribution in [0.15, 0.2) is 36.4 Å². The highest BCUT2D eigenvalue weighted by molar-refractivity contribution is 6.33. The van der Waals surface area contributed by atoms with E-state index in [-0.39, 0.29) is 6.04 Å². The summed E-state index contributed by atoms with van der Waals surface area (Å²) in [6.07, 6.45) is 0.490. The molecular weight excluding hydrogens is 319 g/mol. The van der Waals surface area contributed by atoms with Crippen molar-refractivity contribution in [1.82, 2.24) is 9.88 Å². The number of nitrogens with one attached hydrogen (secondary N) is 1. The molecule has 2 aromatic carbocycles. The van der Waals surface area contributed by atoms with E-state index in [1.807, 2.05) is 36.4 Å². The third kappa shape index (κ3) is 2.20. The number of hydrogen-bond acceptors (Lipinski definition) is 2. The fourth-order valence-corrected chi connectivity index (χ4v) is 3.83. The Hall–Kier alpha value is -1.26. The summed E-state index contributed by atoms with van der Waals surface area (Å²) in [6.45, 7) is 1.52. The Morgan fingerprint density at radius 3 is 2.14 bits per heavy atom. The van der Waals surface area contributed by atoms with Gasteiger partial charge in [-0.2, -0.15) is 0 Å². The van der Waals surface area contributed by atoms with Gasteiger partial charge in [-0.1, -0.05) is 23.2 Å². The Morgan fingerprint density at radius 1 is 1.00 bits per heavy atom. The van der Waals surface area contributed by atoms with Crippen LogP contribution in [-0.2, 0) is 0 Å². The maximum atomic E-state index is 10.4. The quantitative estimate of drug-likeness (QED) is 0.705. The van der Waals surface area contributed by atoms with Crippen molar-refractivity contribution in [2.24, 2.45) is 0 Å². The molecule has 0 spiro atoms. The molecule has 0 saturated carbocycles. The molecule has 1 aliphatic rings. The van der Waals surface area contributed by atoms with Gasteiger partial charge in [0.25, 0.3) is 0 Å². The van der Waals surface area contributed by atoms with E-state index >= 15 is 0 Å². The molecular formula is C17H16Cl2N2O. The summed E-state index contributed by atoms with van der Waals surface area (Å²) in [5, 5.41) is 17.2. The summed E-state index contributed by atoms with van der Waals surface area (Å²) in [5.74, 6) is 0. The summed E-state index contributed by atoms with van der Waals surface area (Å²) < 4.78 is 2.24. The average molecular weight is 335 g/mol. The van der Waals surface area contributed by atoms with Crippen LogP contribution in [0.5, 0.6) is 0 Å². The zero-order valence-corrected chi connectivity index (χ0v) is 13.4. The Morgan fingerprint density at radius 2 is 1.59 bits per heavy atom. The van der Waals surface area contributed by atoms with Gasteiger partial charge in [0, 0.05) is 38.4 Å². The largest absolute Gasteiger partial charge is 0.390 e. The summed E-state index contributed by atoms with van der Waals surface area (Å²) in [5.41, 5.74) is 2.18. The van der Waals surface area contributed by atoms with E-state index in [1.54, 1.807) is 0 Å². The van der Waals surface area contributed by atoms with E-state index in [2.05, 4.69) is 9.88 Å². The minimum absolute atomic E-state index is 0.0589. The smallest absolute Gasteiger partial charge is 0.0872 e. The van der Waals surface area contributed by atoms with Gasteiger partial charge >= 0.3 is 0 Å². The van der Waals surface area contributed by atoms with Crippen LogP contribution in [0.3, 0.4) is 0 Å². The number of rotatable bonds is 1. The molecule has 5 heteroatoms. The molecule has 1 aromatic heterocycles. The first kappa shape index (κ1) is 14.3. The zero-order chi connectivity index (χ0) is 15.3. The van der Waals surface area contributed by atoms with E-state index in [9.17, 15) is 5.11 Å². The Balaban J connectivity index is 2.06. The van der Waals surface area contributed by atoms with E-state index in [4.69, 9.17) is 23.2 Å². The summed E-state index contributed by atoms with van der Waals surface area (Å²) >= 11 is 12.4. The molecule has 2 heterocycles. The second-order valence-electron chi connectivity index (χ2n) is 5.82. The van der Waals surface area contributed by atoms with Crippen LogP contribution >= 0.6 is 23.2 Å². The normalized spacial score (nSPS) is 22.5. The zero-order valence-electron chi connectivity index (χ0n) is 11.9. The fourth-order valence-electron chi connectivity index (χ4n) is 3.48. The number of β-amino-alcohol motifs (C(OH)–C–C–N with tert-alkyl or cyclic N) is 1. The SMILES string of the molecule is OC1CNCCC1n1c2ccc(Cl)cc2c2cc(Cl)ccc21. The van der Waals surface area contributed by atoms with Crippen molar-refractivity contribution in [3.63, 3.8) is 0 Å². The monoisotopic (exact) mass is 334 g/mol. The predicted molar refractivity (Wildman–Crippen MR) is 92.0 cm³/mol. The van der Waals surface area contributed by atoms with Crippen molar-refractivity contribution in [2.75, 3.05) is 13.1 Å². The van der Waals surface area contributed by atoms with E-state index in [0.29, 0.717) is 16.6 Å². The number of fused-ring (bicyclic) bond motifs is 3. The highest BCUT2D eigenvalue weighted by atomic mass is 35.5. The van der Waals surface area contributed by atoms with Gasteiger partial charge in [-0.25, -0.2) is 0 Å². The highest BCUT2D eigenvalue weighted by Crippen LogP contribution is 2.37. The molecule has 2 unspecified atom stereocenters. The molecule has 0 bridgehead atoms. The number of aliphatic hydroxyl groups excluding tert-OH is 1. The van der Waals surface area contributed by atoms with Gasteiger partial charge in [-0.15, -0.1) is 0 Å². The lowest BCUT2D eigenvalue weighted by Crippen LogP contribution is -2.41. The first-order valence-electron chi connectivity index (χ1n) is 7.42. The molecule has 0 radical (unpaired) electrons. The molecule has 114 valence electrons. The molecule has 2 N–H and O–H groups in total. The molecule has 0 aliphatic carbocycles. The van der Waals surface area contributed by atoms with Gasteiger partial charge in [0.2, 0.25) is 0 Å². The highest BCUT2D eigenvalue weighted by Gasteiger charge is 2.27.